The zero-order valence-corrected chi connectivity index (χ0v) is 13.5. The van der Waals surface area contributed by atoms with Gasteiger partial charge in [-0.2, -0.15) is 0 Å². The molecule has 6 heteroatoms. The highest BCUT2D eigenvalue weighted by Crippen LogP contribution is 2.21. The van der Waals surface area contributed by atoms with Gasteiger partial charge in [0.05, 0.1) is 4.92 Å². The van der Waals surface area contributed by atoms with Crippen molar-refractivity contribution in [1.29, 1.82) is 0 Å². The zero-order valence-electron chi connectivity index (χ0n) is 11.3. The molecule has 108 valence electrons. The third kappa shape index (κ3) is 3.78. The second-order valence-electron chi connectivity index (χ2n) is 4.51. The number of halogens is 1. The van der Waals surface area contributed by atoms with Crippen molar-refractivity contribution >= 4 is 34.2 Å². The van der Waals surface area contributed by atoms with Crippen LogP contribution in [-0.2, 0) is 6.54 Å². The van der Waals surface area contributed by atoms with Gasteiger partial charge >= 0.3 is 0 Å². The minimum Gasteiger partial charge on any atom is -0.348 e. The standard InChI is InChI=1S/C15H13IN2O3/c1-10-12(5-3-7-14(10)18(20)21)9-17-15(19)11-4-2-6-13(16)8-11/h2-8H,9H2,1H3,(H,17,19). The van der Waals surface area contributed by atoms with Gasteiger partial charge in [-0.1, -0.05) is 18.2 Å². The first-order valence-corrected chi connectivity index (χ1v) is 7.33. The van der Waals surface area contributed by atoms with E-state index in [2.05, 4.69) is 27.9 Å². The lowest BCUT2D eigenvalue weighted by Crippen LogP contribution is -2.23. The summed E-state index contributed by atoms with van der Waals surface area (Å²) in [7, 11) is 0. The lowest BCUT2D eigenvalue weighted by Gasteiger charge is -2.08. The van der Waals surface area contributed by atoms with Crippen LogP contribution in [0.3, 0.4) is 0 Å². The Kier molecular flexibility index (Phi) is 4.89. The molecule has 0 aromatic heterocycles. The molecule has 2 aromatic rings. The van der Waals surface area contributed by atoms with Gasteiger partial charge in [0.1, 0.15) is 0 Å². The van der Waals surface area contributed by atoms with Crippen LogP contribution in [-0.4, -0.2) is 10.8 Å². The SMILES string of the molecule is Cc1c(CNC(=O)c2cccc(I)c2)cccc1[N+](=O)[O-]. The smallest absolute Gasteiger partial charge is 0.272 e. The van der Waals surface area contributed by atoms with Crippen LogP contribution in [0.25, 0.3) is 0 Å². The fourth-order valence-corrected chi connectivity index (χ4v) is 2.51. The molecule has 1 amide bonds. The normalized spacial score (nSPS) is 10.2. The average molecular weight is 396 g/mol. The Balaban J connectivity index is 2.12. The molecule has 0 saturated carbocycles. The van der Waals surface area contributed by atoms with Crippen molar-refractivity contribution in [2.75, 3.05) is 0 Å². The van der Waals surface area contributed by atoms with E-state index in [0.717, 1.165) is 9.13 Å². The van der Waals surface area contributed by atoms with E-state index in [1.165, 1.54) is 6.07 Å². The molecule has 0 aliphatic carbocycles. The number of carbonyl (C=O) groups is 1. The van der Waals surface area contributed by atoms with Gasteiger partial charge in [0.2, 0.25) is 0 Å². The Labute approximate surface area is 135 Å². The zero-order chi connectivity index (χ0) is 15.4. The fourth-order valence-electron chi connectivity index (χ4n) is 1.97. The molecule has 0 aliphatic heterocycles. The Morgan fingerprint density at radius 2 is 2.00 bits per heavy atom. The summed E-state index contributed by atoms with van der Waals surface area (Å²) in [6.07, 6.45) is 0. The molecule has 21 heavy (non-hydrogen) atoms. The van der Waals surface area contributed by atoms with E-state index in [-0.39, 0.29) is 18.1 Å². The van der Waals surface area contributed by atoms with Crippen LogP contribution in [0, 0.1) is 20.6 Å². The number of carbonyl (C=O) groups excluding carboxylic acids is 1. The van der Waals surface area contributed by atoms with Gasteiger partial charge in [-0.05, 0) is 53.3 Å². The highest BCUT2D eigenvalue weighted by molar-refractivity contribution is 14.1. The Hall–Kier alpha value is -1.96. The molecule has 0 saturated heterocycles. The lowest BCUT2D eigenvalue weighted by molar-refractivity contribution is -0.385. The van der Waals surface area contributed by atoms with Crippen molar-refractivity contribution in [3.05, 3.63) is 72.8 Å². The highest BCUT2D eigenvalue weighted by atomic mass is 127. The molecule has 0 radical (unpaired) electrons. The average Bonchev–Trinajstić information content (AvgIpc) is 2.45. The number of amides is 1. The molecule has 0 bridgehead atoms. The predicted molar refractivity (Wildman–Crippen MR) is 88.2 cm³/mol. The Morgan fingerprint density at radius 3 is 2.67 bits per heavy atom. The van der Waals surface area contributed by atoms with Gasteiger partial charge in [0, 0.05) is 27.3 Å². The van der Waals surface area contributed by atoms with Gasteiger partial charge in [-0.3, -0.25) is 14.9 Å². The number of rotatable bonds is 4. The predicted octanol–water partition coefficient (Wildman–Crippen LogP) is 3.44. The number of hydrogen-bond donors (Lipinski definition) is 1. The Bertz CT molecular complexity index is 701. The minimum atomic E-state index is -0.416. The summed E-state index contributed by atoms with van der Waals surface area (Å²) < 4.78 is 0.978. The van der Waals surface area contributed by atoms with Crippen LogP contribution in [0.2, 0.25) is 0 Å². The van der Waals surface area contributed by atoms with E-state index >= 15 is 0 Å². The summed E-state index contributed by atoms with van der Waals surface area (Å²) in [6, 6.07) is 12.1. The first-order chi connectivity index (χ1) is 9.99. The number of nitro groups is 1. The van der Waals surface area contributed by atoms with Crippen molar-refractivity contribution in [2.24, 2.45) is 0 Å². The number of nitrogens with zero attached hydrogens (tertiary/aromatic N) is 1. The maximum Gasteiger partial charge on any atom is 0.272 e. The topological polar surface area (TPSA) is 72.2 Å². The number of nitrogens with one attached hydrogen (secondary N) is 1. The van der Waals surface area contributed by atoms with Crippen molar-refractivity contribution in [1.82, 2.24) is 5.32 Å². The minimum absolute atomic E-state index is 0.0657. The van der Waals surface area contributed by atoms with Crippen LogP contribution in [0.5, 0.6) is 0 Å². The van der Waals surface area contributed by atoms with Crippen molar-refractivity contribution in [3.8, 4) is 0 Å². The molecule has 0 spiro atoms. The second kappa shape index (κ2) is 6.66. The summed E-state index contributed by atoms with van der Waals surface area (Å²) >= 11 is 2.14. The highest BCUT2D eigenvalue weighted by Gasteiger charge is 2.14. The van der Waals surface area contributed by atoms with E-state index in [9.17, 15) is 14.9 Å². The summed E-state index contributed by atoms with van der Waals surface area (Å²) in [6.45, 7) is 1.95. The maximum atomic E-state index is 12.1. The van der Waals surface area contributed by atoms with Gasteiger partial charge in [0.15, 0.2) is 0 Å². The first kappa shape index (κ1) is 15.4. The molecule has 2 rings (SSSR count). The molecule has 2 aromatic carbocycles. The van der Waals surface area contributed by atoms with E-state index in [0.29, 0.717) is 11.1 Å². The molecule has 0 unspecified atom stereocenters. The number of nitro benzene ring substituents is 1. The van der Waals surface area contributed by atoms with Gasteiger partial charge in [-0.25, -0.2) is 0 Å². The molecule has 0 heterocycles. The molecule has 0 aliphatic rings. The third-order valence-corrected chi connectivity index (χ3v) is 3.81. The lowest BCUT2D eigenvalue weighted by atomic mass is 10.1. The van der Waals surface area contributed by atoms with Crippen LogP contribution < -0.4 is 5.32 Å². The molecule has 5 nitrogen and oxygen atoms in total. The van der Waals surface area contributed by atoms with Crippen LogP contribution in [0.1, 0.15) is 21.5 Å². The quantitative estimate of drug-likeness (QED) is 0.489. The first-order valence-electron chi connectivity index (χ1n) is 6.25. The Morgan fingerprint density at radius 1 is 1.29 bits per heavy atom. The molecular weight excluding hydrogens is 383 g/mol. The number of benzene rings is 2. The maximum absolute atomic E-state index is 12.1. The third-order valence-electron chi connectivity index (χ3n) is 3.14. The number of hydrogen-bond acceptors (Lipinski definition) is 3. The van der Waals surface area contributed by atoms with E-state index in [1.54, 1.807) is 31.2 Å². The second-order valence-corrected chi connectivity index (χ2v) is 5.76. The molecule has 1 N–H and O–H groups in total. The summed E-state index contributed by atoms with van der Waals surface area (Å²) in [5.74, 6) is -0.195. The summed E-state index contributed by atoms with van der Waals surface area (Å²) in [4.78, 5) is 22.5. The largest absolute Gasteiger partial charge is 0.348 e. The monoisotopic (exact) mass is 396 g/mol. The van der Waals surface area contributed by atoms with Crippen molar-refractivity contribution in [3.63, 3.8) is 0 Å². The van der Waals surface area contributed by atoms with Crippen molar-refractivity contribution in [2.45, 2.75) is 13.5 Å². The van der Waals surface area contributed by atoms with E-state index in [1.807, 2.05) is 12.1 Å². The summed E-state index contributed by atoms with van der Waals surface area (Å²) in [5, 5.41) is 13.7. The molecular formula is C15H13IN2O3. The molecule has 0 atom stereocenters. The van der Waals surface area contributed by atoms with Crippen molar-refractivity contribution < 1.29 is 9.72 Å². The van der Waals surface area contributed by atoms with Crippen LogP contribution in [0.15, 0.2) is 42.5 Å². The van der Waals surface area contributed by atoms with E-state index in [4.69, 9.17) is 0 Å². The fraction of sp³-hybridized carbons (Fsp3) is 0.133. The van der Waals surface area contributed by atoms with Crippen LogP contribution >= 0.6 is 22.6 Å². The van der Waals surface area contributed by atoms with Gasteiger partial charge in [-0.15, -0.1) is 0 Å². The van der Waals surface area contributed by atoms with Crippen LogP contribution in [0.4, 0.5) is 5.69 Å². The molecule has 0 fully saturated rings. The summed E-state index contributed by atoms with van der Waals surface area (Å²) in [5.41, 5.74) is 1.95. The van der Waals surface area contributed by atoms with E-state index < -0.39 is 4.92 Å². The van der Waals surface area contributed by atoms with Gasteiger partial charge in [0.25, 0.3) is 11.6 Å². The van der Waals surface area contributed by atoms with Gasteiger partial charge < -0.3 is 5.32 Å².